The third-order valence-electron chi connectivity index (χ3n) is 1.91. The summed E-state index contributed by atoms with van der Waals surface area (Å²) in [6.07, 6.45) is 3.16. The van der Waals surface area contributed by atoms with E-state index >= 15 is 0 Å². The molecule has 2 rings (SSSR count). The number of fused-ring (bicyclic) bond motifs is 1. The molecular weight excluding hydrogens is 148 g/mol. The van der Waals surface area contributed by atoms with Crippen LogP contribution in [0.1, 0.15) is 0 Å². The summed E-state index contributed by atoms with van der Waals surface area (Å²) in [6, 6.07) is 10.2. The molecule has 2 nitrogen and oxygen atoms in total. The lowest BCUT2D eigenvalue weighted by atomic mass is 10.3. The molecule has 0 amide bonds. The molecule has 1 heterocycles. The van der Waals surface area contributed by atoms with E-state index < -0.39 is 0 Å². The van der Waals surface area contributed by atoms with Crippen LogP contribution in [0.15, 0.2) is 30.3 Å². The number of rotatable bonds is 1. The molecule has 61 valence electrons. The van der Waals surface area contributed by atoms with Crippen molar-refractivity contribution in [2.45, 2.75) is 0 Å². The third-order valence-corrected chi connectivity index (χ3v) is 1.91. The van der Waals surface area contributed by atoms with Gasteiger partial charge in [-0.25, -0.2) is 0 Å². The second-order valence-electron chi connectivity index (χ2n) is 2.99. The molecule has 0 saturated heterocycles. The van der Waals surface area contributed by atoms with Crippen LogP contribution in [0.5, 0.6) is 0 Å². The highest BCUT2D eigenvalue weighted by Gasteiger charge is 1.99. The van der Waals surface area contributed by atoms with Gasteiger partial charge >= 0.3 is 0 Å². The Morgan fingerprint density at radius 3 is 2.75 bits per heavy atom. The van der Waals surface area contributed by atoms with Crippen LogP contribution in [-0.2, 0) is 0 Å². The zero-order chi connectivity index (χ0) is 8.55. The number of para-hydroxylation sites is 1. The van der Waals surface area contributed by atoms with Gasteiger partial charge in [0.05, 0.1) is 11.7 Å². The number of hydrogen-bond acceptors (Lipinski definition) is 1. The summed E-state index contributed by atoms with van der Waals surface area (Å²) >= 11 is 0. The minimum atomic E-state index is 1.20. The molecule has 0 atom stereocenters. The second kappa shape index (κ2) is 2.55. The lowest BCUT2D eigenvalue weighted by Gasteiger charge is -2.14. The molecule has 2 aromatic rings. The molecule has 1 aromatic carbocycles. The van der Waals surface area contributed by atoms with Crippen molar-refractivity contribution in [3.05, 3.63) is 36.5 Å². The smallest absolute Gasteiger partial charge is 0.0892 e. The molecule has 0 N–H and O–H groups in total. The molecule has 2 heteroatoms. The minimum Gasteiger partial charge on any atom is -0.318 e. The van der Waals surface area contributed by atoms with Crippen LogP contribution in [0.3, 0.4) is 0 Å². The van der Waals surface area contributed by atoms with Gasteiger partial charge in [0.2, 0.25) is 0 Å². The fourth-order valence-corrected chi connectivity index (χ4v) is 1.33. The highest BCUT2D eigenvalue weighted by atomic mass is 15.5. The first-order valence-corrected chi connectivity index (χ1v) is 3.95. The minimum absolute atomic E-state index is 1.20. The fourth-order valence-electron chi connectivity index (χ4n) is 1.33. The summed E-state index contributed by atoms with van der Waals surface area (Å²) in [5.74, 6) is 0. The van der Waals surface area contributed by atoms with Crippen molar-refractivity contribution >= 4 is 10.9 Å². The van der Waals surface area contributed by atoms with Gasteiger partial charge in [0, 0.05) is 19.5 Å². The average Bonchev–Trinajstić information content (AvgIpc) is 2.47. The standard InChI is InChI=1S/C10H11N2/c1-11(2)12-8-7-9-5-3-4-6-10(9)12/h3-7H,1-2H3. The number of benzene rings is 1. The maximum atomic E-state index is 3.16. The molecule has 0 fully saturated rings. The topological polar surface area (TPSA) is 8.17 Å². The second-order valence-corrected chi connectivity index (χ2v) is 2.99. The lowest BCUT2D eigenvalue weighted by molar-refractivity contribution is 0.757. The monoisotopic (exact) mass is 159 g/mol. The summed E-state index contributed by atoms with van der Waals surface area (Å²) in [5, 5.41) is 3.23. The van der Waals surface area contributed by atoms with E-state index in [2.05, 4.69) is 18.3 Å². The van der Waals surface area contributed by atoms with Gasteiger partial charge in [0.15, 0.2) is 0 Å². The average molecular weight is 159 g/mol. The molecule has 0 unspecified atom stereocenters. The number of aromatic nitrogens is 1. The zero-order valence-electron chi connectivity index (χ0n) is 7.28. The first kappa shape index (κ1) is 7.22. The lowest BCUT2D eigenvalue weighted by Crippen LogP contribution is -2.23. The van der Waals surface area contributed by atoms with Gasteiger partial charge in [0.25, 0.3) is 0 Å². The van der Waals surface area contributed by atoms with Crippen molar-refractivity contribution in [3.8, 4) is 0 Å². The van der Waals surface area contributed by atoms with Crippen molar-refractivity contribution < 1.29 is 0 Å². The maximum Gasteiger partial charge on any atom is 0.0892 e. The Hall–Kier alpha value is -1.44. The summed E-state index contributed by atoms with van der Waals surface area (Å²) in [6.45, 7) is 0. The van der Waals surface area contributed by atoms with E-state index in [9.17, 15) is 0 Å². The quantitative estimate of drug-likeness (QED) is 0.614. The molecule has 0 aliphatic heterocycles. The Morgan fingerprint density at radius 2 is 2.00 bits per heavy atom. The fraction of sp³-hybridized carbons (Fsp3) is 0.200. The number of hydrogen-bond donors (Lipinski definition) is 0. The van der Waals surface area contributed by atoms with Crippen LogP contribution >= 0.6 is 0 Å². The van der Waals surface area contributed by atoms with E-state index in [0.717, 1.165) is 0 Å². The summed E-state index contributed by atoms with van der Waals surface area (Å²) in [7, 11) is 4.01. The number of nitrogens with zero attached hydrogens (tertiary/aromatic N) is 2. The Balaban J connectivity index is 2.70. The van der Waals surface area contributed by atoms with Gasteiger partial charge in [-0.2, -0.15) is 0 Å². The Labute approximate surface area is 72.0 Å². The highest BCUT2D eigenvalue weighted by molar-refractivity contribution is 5.79. The molecule has 0 spiro atoms. The Kier molecular flexibility index (Phi) is 1.54. The normalized spacial score (nSPS) is 10.5. The van der Waals surface area contributed by atoms with Crippen molar-refractivity contribution in [1.29, 1.82) is 0 Å². The van der Waals surface area contributed by atoms with E-state index in [4.69, 9.17) is 0 Å². The molecular formula is C10H11N2. The molecule has 12 heavy (non-hydrogen) atoms. The first-order valence-electron chi connectivity index (χ1n) is 3.95. The predicted molar refractivity (Wildman–Crippen MR) is 50.8 cm³/mol. The third kappa shape index (κ3) is 0.961. The van der Waals surface area contributed by atoms with Crippen LogP contribution in [-0.4, -0.2) is 18.8 Å². The predicted octanol–water partition coefficient (Wildman–Crippen LogP) is 1.64. The Bertz CT molecular complexity index is 387. The van der Waals surface area contributed by atoms with Gasteiger partial charge < -0.3 is 5.01 Å². The molecule has 1 radical (unpaired) electrons. The molecule has 0 saturated carbocycles. The molecule has 1 aromatic heterocycles. The van der Waals surface area contributed by atoms with E-state index in [1.54, 1.807) is 0 Å². The zero-order valence-corrected chi connectivity index (χ0v) is 7.28. The Morgan fingerprint density at radius 1 is 1.25 bits per heavy atom. The van der Waals surface area contributed by atoms with Gasteiger partial charge in [-0.3, -0.25) is 4.68 Å². The van der Waals surface area contributed by atoms with Crippen LogP contribution in [0.2, 0.25) is 0 Å². The van der Waals surface area contributed by atoms with Gasteiger partial charge in [-0.1, -0.05) is 18.2 Å². The summed E-state index contributed by atoms with van der Waals surface area (Å²) < 4.78 is 2.00. The van der Waals surface area contributed by atoms with Gasteiger partial charge in [-0.05, 0) is 12.1 Å². The highest BCUT2D eigenvalue weighted by Crippen LogP contribution is 2.13. The molecule has 0 bridgehead atoms. The van der Waals surface area contributed by atoms with Crippen LogP contribution in [0.4, 0.5) is 0 Å². The van der Waals surface area contributed by atoms with E-state index in [0.29, 0.717) is 0 Å². The molecule has 0 aliphatic rings. The van der Waals surface area contributed by atoms with Crippen molar-refractivity contribution in [1.82, 2.24) is 4.68 Å². The van der Waals surface area contributed by atoms with Crippen LogP contribution in [0.25, 0.3) is 10.9 Å². The summed E-state index contributed by atoms with van der Waals surface area (Å²) in [5.41, 5.74) is 1.20. The van der Waals surface area contributed by atoms with Crippen molar-refractivity contribution in [2.75, 3.05) is 19.1 Å². The van der Waals surface area contributed by atoms with Gasteiger partial charge in [0.1, 0.15) is 0 Å². The van der Waals surface area contributed by atoms with Crippen molar-refractivity contribution in [3.63, 3.8) is 0 Å². The maximum absolute atomic E-state index is 3.16. The molecule has 0 aliphatic carbocycles. The van der Waals surface area contributed by atoms with Crippen molar-refractivity contribution in [2.24, 2.45) is 0 Å². The summed E-state index contributed by atoms with van der Waals surface area (Å²) in [4.78, 5) is 0. The van der Waals surface area contributed by atoms with E-state index in [1.165, 1.54) is 10.9 Å². The van der Waals surface area contributed by atoms with E-state index in [1.807, 2.05) is 42.0 Å². The van der Waals surface area contributed by atoms with Gasteiger partial charge in [-0.15, -0.1) is 0 Å². The first-order chi connectivity index (χ1) is 5.79. The van der Waals surface area contributed by atoms with E-state index in [-0.39, 0.29) is 0 Å². The SMILES string of the molecule is CN(C)n1[c]cc2ccccc21. The largest absolute Gasteiger partial charge is 0.318 e. The van der Waals surface area contributed by atoms with Crippen LogP contribution in [0, 0.1) is 6.20 Å². The van der Waals surface area contributed by atoms with Crippen LogP contribution < -0.4 is 5.01 Å².